The molecule has 0 heterocycles. The van der Waals surface area contributed by atoms with Gasteiger partial charge in [-0.3, -0.25) is 4.79 Å². The second-order valence-electron chi connectivity index (χ2n) is 5.10. The van der Waals surface area contributed by atoms with Crippen LogP contribution in [0.1, 0.15) is 25.3 Å². The summed E-state index contributed by atoms with van der Waals surface area (Å²) in [6.07, 6.45) is 1.82. The quantitative estimate of drug-likeness (QED) is 0.793. The number of ether oxygens (including phenoxy) is 1. The van der Waals surface area contributed by atoms with E-state index < -0.39 is 0 Å². The predicted molar refractivity (Wildman–Crippen MR) is 81.8 cm³/mol. The highest BCUT2D eigenvalue weighted by Gasteiger charge is 2.19. The minimum atomic E-state index is -0.0662. The van der Waals surface area contributed by atoms with Crippen LogP contribution in [0.4, 0.5) is 0 Å². The minimum absolute atomic E-state index is 0.0662. The summed E-state index contributed by atoms with van der Waals surface area (Å²) in [5.74, 6) is 0.920. The van der Waals surface area contributed by atoms with E-state index in [4.69, 9.17) is 10.5 Å². The monoisotopic (exact) mass is 278 g/mol. The summed E-state index contributed by atoms with van der Waals surface area (Å²) in [6, 6.07) is 7.88. The van der Waals surface area contributed by atoms with Crippen LogP contribution in [0.15, 0.2) is 24.3 Å². The van der Waals surface area contributed by atoms with Gasteiger partial charge in [0.2, 0.25) is 5.91 Å². The third-order valence-electron chi connectivity index (χ3n) is 3.42. The number of hydrogen-bond donors (Lipinski definition) is 1. The molecule has 4 nitrogen and oxygen atoms in total. The normalized spacial score (nSPS) is 12.0. The molecule has 1 amide bonds. The molecular formula is C16H26N2O2. The second-order valence-corrected chi connectivity index (χ2v) is 5.10. The lowest BCUT2D eigenvalue weighted by Crippen LogP contribution is -2.38. The fourth-order valence-electron chi connectivity index (χ4n) is 2.12. The van der Waals surface area contributed by atoms with Crippen molar-refractivity contribution in [2.24, 2.45) is 11.7 Å². The van der Waals surface area contributed by atoms with E-state index in [-0.39, 0.29) is 11.8 Å². The van der Waals surface area contributed by atoms with E-state index in [1.165, 1.54) is 0 Å². The molecule has 0 bridgehead atoms. The summed E-state index contributed by atoms with van der Waals surface area (Å²) in [6.45, 7) is 5.56. The molecule has 1 unspecified atom stereocenters. The van der Waals surface area contributed by atoms with Gasteiger partial charge in [-0.15, -0.1) is 0 Å². The van der Waals surface area contributed by atoms with Gasteiger partial charge in [0.05, 0.1) is 12.5 Å². The van der Waals surface area contributed by atoms with E-state index in [1.807, 2.05) is 38.2 Å². The van der Waals surface area contributed by atoms with Gasteiger partial charge < -0.3 is 15.4 Å². The lowest BCUT2D eigenvalue weighted by atomic mass is 10.0. The zero-order valence-corrected chi connectivity index (χ0v) is 12.8. The van der Waals surface area contributed by atoms with Crippen LogP contribution in [0.5, 0.6) is 5.75 Å². The zero-order chi connectivity index (χ0) is 15.0. The van der Waals surface area contributed by atoms with Crippen LogP contribution in [-0.2, 0) is 4.79 Å². The molecule has 0 aromatic heterocycles. The Morgan fingerprint density at radius 2 is 2.10 bits per heavy atom. The van der Waals surface area contributed by atoms with Crippen molar-refractivity contribution >= 4 is 5.91 Å². The van der Waals surface area contributed by atoms with Crippen LogP contribution in [0.2, 0.25) is 0 Å². The molecule has 0 fully saturated rings. The van der Waals surface area contributed by atoms with E-state index in [0.717, 1.165) is 24.2 Å². The van der Waals surface area contributed by atoms with Crippen LogP contribution < -0.4 is 10.5 Å². The van der Waals surface area contributed by atoms with Gasteiger partial charge in [0.25, 0.3) is 0 Å². The molecule has 20 heavy (non-hydrogen) atoms. The molecule has 0 saturated heterocycles. The number of hydrogen-bond acceptors (Lipinski definition) is 3. The first-order valence-electron chi connectivity index (χ1n) is 7.23. The Bertz CT molecular complexity index is 421. The molecule has 0 aliphatic heterocycles. The van der Waals surface area contributed by atoms with Crippen molar-refractivity contribution in [3.63, 3.8) is 0 Å². The second kappa shape index (κ2) is 8.59. The summed E-state index contributed by atoms with van der Waals surface area (Å²) >= 11 is 0. The summed E-state index contributed by atoms with van der Waals surface area (Å²) in [5, 5.41) is 0. The van der Waals surface area contributed by atoms with E-state index in [9.17, 15) is 4.79 Å². The fourth-order valence-corrected chi connectivity index (χ4v) is 2.12. The Morgan fingerprint density at radius 1 is 1.40 bits per heavy atom. The van der Waals surface area contributed by atoms with Gasteiger partial charge in [0, 0.05) is 13.6 Å². The molecule has 1 aromatic carbocycles. The minimum Gasteiger partial charge on any atom is -0.491 e. The average molecular weight is 278 g/mol. The zero-order valence-electron chi connectivity index (χ0n) is 12.8. The smallest absolute Gasteiger partial charge is 0.226 e. The summed E-state index contributed by atoms with van der Waals surface area (Å²) in [4.78, 5) is 13.9. The van der Waals surface area contributed by atoms with Crippen LogP contribution in [0.3, 0.4) is 0 Å². The van der Waals surface area contributed by atoms with Crippen molar-refractivity contribution in [3.05, 3.63) is 29.8 Å². The number of nitrogens with two attached hydrogens (primary N) is 1. The third kappa shape index (κ3) is 4.85. The van der Waals surface area contributed by atoms with Crippen LogP contribution in [0, 0.1) is 12.8 Å². The van der Waals surface area contributed by atoms with Crippen LogP contribution in [-0.4, -0.2) is 37.6 Å². The molecule has 0 spiro atoms. The molecule has 1 aromatic rings. The maximum absolute atomic E-state index is 12.2. The van der Waals surface area contributed by atoms with E-state index in [0.29, 0.717) is 19.7 Å². The molecule has 0 aliphatic carbocycles. The van der Waals surface area contributed by atoms with Gasteiger partial charge in [0.1, 0.15) is 12.4 Å². The Balaban J connectivity index is 2.41. The number of likely N-dealkylation sites (N-methyl/N-ethyl adjacent to an activating group) is 1. The highest BCUT2D eigenvalue weighted by molar-refractivity contribution is 5.78. The SMILES string of the molecule is CCCC(CN)C(=O)N(C)CCOc1ccccc1C. The van der Waals surface area contributed by atoms with Gasteiger partial charge >= 0.3 is 0 Å². The van der Waals surface area contributed by atoms with Crippen molar-refractivity contribution in [1.29, 1.82) is 0 Å². The number of para-hydroxylation sites is 1. The number of carbonyl (C=O) groups excluding carboxylic acids is 1. The number of amides is 1. The Morgan fingerprint density at radius 3 is 2.70 bits per heavy atom. The highest BCUT2D eigenvalue weighted by atomic mass is 16.5. The predicted octanol–water partition coefficient (Wildman–Crippen LogP) is 2.21. The third-order valence-corrected chi connectivity index (χ3v) is 3.42. The number of benzene rings is 1. The maximum atomic E-state index is 12.2. The molecule has 0 saturated carbocycles. The first kappa shape index (κ1) is 16.5. The summed E-state index contributed by atoms with van der Waals surface area (Å²) < 4.78 is 5.71. The number of aryl methyl sites for hydroxylation is 1. The Labute approximate surface area is 121 Å². The molecule has 1 atom stereocenters. The van der Waals surface area contributed by atoms with Crippen molar-refractivity contribution in [2.75, 3.05) is 26.7 Å². The van der Waals surface area contributed by atoms with Crippen molar-refractivity contribution in [1.82, 2.24) is 4.90 Å². The topological polar surface area (TPSA) is 55.6 Å². The number of nitrogens with zero attached hydrogens (tertiary/aromatic N) is 1. The van der Waals surface area contributed by atoms with Crippen molar-refractivity contribution in [3.8, 4) is 5.75 Å². The number of carbonyl (C=O) groups is 1. The molecule has 1 rings (SSSR count). The maximum Gasteiger partial charge on any atom is 0.226 e. The van der Waals surface area contributed by atoms with E-state index >= 15 is 0 Å². The summed E-state index contributed by atoms with van der Waals surface area (Å²) in [7, 11) is 1.81. The Kier molecular flexibility index (Phi) is 7.09. The van der Waals surface area contributed by atoms with E-state index in [1.54, 1.807) is 4.90 Å². The molecule has 112 valence electrons. The van der Waals surface area contributed by atoms with Gasteiger partial charge in [0.15, 0.2) is 0 Å². The average Bonchev–Trinajstić information content (AvgIpc) is 2.46. The highest BCUT2D eigenvalue weighted by Crippen LogP contribution is 2.16. The summed E-state index contributed by atoms with van der Waals surface area (Å²) in [5.41, 5.74) is 6.76. The van der Waals surface area contributed by atoms with Crippen molar-refractivity contribution in [2.45, 2.75) is 26.7 Å². The molecule has 0 radical (unpaired) electrons. The van der Waals surface area contributed by atoms with Crippen LogP contribution >= 0.6 is 0 Å². The fraction of sp³-hybridized carbons (Fsp3) is 0.562. The molecule has 2 N–H and O–H groups in total. The molecule has 4 heteroatoms. The largest absolute Gasteiger partial charge is 0.491 e. The number of rotatable bonds is 8. The van der Waals surface area contributed by atoms with Crippen molar-refractivity contribution < 1.29 is 9.53 Å². The van der Waals surface area contributed by atoms with Gasteiger partial charge in [-0.2, -0.15) is 0 Å². The first-order chi connectivity index (χ1) is 9.60. The van der Waals surface area contributed by atoms with Crippen LogP contribution in [0.25, 0.3) is 0 Å². The standard InChI is InChI=1S/C16H26N2O2/c1-4-7-14(12-17)16(19)18(3)10-11-20-15-9-6-5-8-13(15)2/h5-6,8-9,14H,4,7,10-12,17H2,1-3H3. The lowest BCUT2D eigenvalue weighted by molar-refractivity contribution is -0.134. The van der Waals surface area contributed by atoms with Gasteiger partial charge in [-0.25, -0.2) is 0 Å². The van der Waals surface area contributed by atoms with E-state index in [2.05, 4.69) is 6.92 Å². The lowest BCUT2D eigenvalue weighted by Gasteiger charge is -2.23. The van der Waals surface area contributed by atoms with Gasteiger partial charge in [-0.05, 0) is 25.0 Å². The molecule has 0 aliphatic rings. The Hall–Kier alpha value is -1.55. The first-order valence-corrected chi connectivity index (χ1v) is 7.23. The van der Waals surface area contributed by atoms with Gasteiger partial charge in [-0.1, -0.05) is 31.5 Å². The molecular weight excluding hydrogens is 252 g/mol.